The summed E-state index contributed by atoms with van der Waals surface area (Å²) in [6.07, 6.45) is 24.9. The van der Waals surface area contributed by atoms with E-state index in [9.17, 15) is 0 Å². The van der Waals surface area contributed by atoms with E-state index in [0.29, 0.717) is 5.41 Å². The van der Waals surface area contributed by atoms with Gasteiger partial charge in [0.15, 0.2) is 0 Å². The summed E-state index contributed by atoms with van der Waals surface area (Å²) in [7, 11) is 0. The minimum Gasteiger partial charge on any atom is -0.311 e. The zero-order chi connectivity index (χ0) is 32.7. The van der Waals surface area contributed by atoms with E-state index in [-0.39, 0.29) is 5.41 Å². The third kappa shape index (κ3) is 6.08. The van der Waals surface area contributed by atoms with Crippen LogP contribution < -0.4 is 4.90 Å². The lowest BCUT2D eigenvalue weighted by Crippen LogP contribution is -2.48. The van der Waals surface area contributed by atoms with Gasteiger partial charge in [0.2, 0.25) is 0 Å². The molecule has 0 heterocycles. The zero-order valence-electron chi connectivity index (χ0n) is 29.8. The van der Waals surface area contributed by atoms with Crippen LogP contribution in [-0.4, -0.2) is 0 Å². The van der Waals surface area contributed by atoms with Crippen molar-refractivity contribution in [3.63, 3.8) is 0 Å². The van der Waals surface area contributed by atoms with Crippen LogP contribution in [0.3, 0.4) is 0 Å². The van der Waals surface area contributed by atoms with Crippen molar-refractivity contribution in [2.24, 2.45) is 17.8 Å². The van der Waals surface area contributed by atoms with Crippen LogP contribution in [0, 0.1) is 17.8 Å². The van der Waals surface area contributed by atoms with E-state index < -0.39 is 0 Å². The first kappa shape index (κ1) is 31.6. The quantitative estimate of drug-likeness (QED) is 0.193. The number of nitrogens with zero attached hydrogens (tertiary/aromatic N) is 1. The highest BCUT2D eigenvalue weighted by Crippen LogP contribution is 2.61. The fourth-order valence-electron chi connectivity index (χ4n) is 12.1. The molecule has 6 fully saturated rings. The molecule has 0 spiro atoms. The number of rotatable bonds is 7. The molecular weight excluding hydrogens is 591 g/mol. The van der Waals surface area contributed by atoms with E-state index in [1.165, 1.54) is 149 Å². The minimum absolute atomic E-state index is 0.103. The lowest BCUT2D eigenvalue weighted by molar-refractivity contribution is -0.00518. The second-order valence-corrected chi connectivity index (χ2v) is 17.3. The van der Waals surface area contributed by atoms with Gasteiger partial charge in [0.05, 0.1) is 0 Å². The second kappa shape index (κ2) is 13.4. The van der Waals surface area contributed by atoms with Crippen molar-refractivity contribution in [1.82, 2.24) is 0 Å². The first-order valence-electron chi connectivity index (χ1n) is 20.3. The van der Waals surface area contributed by atoms with Gasteiger partial charge >= 0.3 is 0 Å². The molecule has 0 amide bonds. The van der Waals surface area contributed by atoms with Gasteiger partial charge in [-0.15, -0.1) is 0 Å². The number of hydrogen-bond acceptors (Lipinski definition) is 1. The largest absolute Gasteiger partial charge is 0.311 e. The van der Waals surface area contributed by atoms with Crippen molar-refractivity contribution in [2.45, 2.75) is 132 Å². The lowest BCUT2D eigenvalue weighted by atomic mass is 9.48. The Hall–Kier alpha value is -3.32. The maximum atomic E-state index is 2.53. The van der Waals surface area contributed by atoms with Gasteiger partial charge in [-0.1, -0.05) is 118 Å². The fraction of sp³-hybridized carbons (Fsp3) is 0.500. The van der Waals surface area contributed by atoms with Crippen molar-refractivity contribution in [2.75, 3.05) is 4.90 Å². The normalized spacial score (nSPS) is 28.1. The van der Waals surface area contributed by atoms with Gasteiger partial charge in [-0.2, -0.15) is 0 Å². The van der Waals surface area contributed by atoms with Gasteiger partial charge in [0, 0.05) is 22.5 Å². The first-order valence-corrected chi connectivity index (χ1v) is 20.3. The summed E-state index contributed by atoms with van der Waals surface area (Å²) < 4.78 is 0. The molecule has 0 aromatic heterocycles. The Kier molecular flexibility index (Phi) is 8.67. The number of anilines is 3. The van der Waals surface area contributed by atoms with Gasteiger partial charge < -0.3 is 4.90 Å². The number of hydrogen-bond donors (Lipinski definition) is 0. The van der Waals surface area contributed by atoms with Crippen molar-refractivity contribution in [1.29, 1.82) is 0 Å². The first-order chi connectivity index (χ1) is 24.2. The smallest absolute Gasteiger partial charge is 0.0461 e. The van der Waals surface area contributed by atoms with Crippen molar-refractivity contribution in [3.8, 4) is 0 Å². The van der Waals surface area contributed by atoms with Gasteiger partial charge in [-0.3, -0.25) is 0 Å². The number of benzene rings is 4. The summed E-state index contributed by atoms with van der Waals surface area (Å²) >= 11 is 0. The predicted octanol–water partition coefficient (Wildman–Crippen LogP) is 13.7. The van der Waals surface area contributed by atoms with Crippen LogP contribution in [0.25, 0.3) is 0 Å². The molecule has 0 atom stereocenters. The molecule has 0 N–H and O–H groups in total. The van der Waals surface area contributed by atoms with Crippen LogP contribution in [-0.2, 0) is 10.8 Å². The van der Waals surface area contributed by atoms with Crippen LogP contribution >= 0.6 is 0 Å². The summed E-state index contributed by atoms with van der Waals surface area (Å²) in [4.78, 5) is 2.53. The molecule has 49 heavy (non-hydrogen) atoms. The maximum Gasteiger partial charge on any atom is 0.0461 e. The Morgan fingerprint density at radius 3 is 1.43 bits per heavy atom. The molecule has 0 aliphatic heterocycles. The summed E-state index contributed by atoms with van der Waals surface area (Å²) in [6, 6.07) is 40.9. The van der Waals surface area contributed by atoms with Gasteiger partial charge in [-0.25, -0.2) is 0 Å². The third-order valence-electron chi connectivity index (χ3n) is 14.2. The molecular formula is C48H57N. The molecule has 0 unspecified atom stereocenters. The van der Waals surface area contributed by atoms with Crippen LogP contribution in [0.2, 0.25) is 0 Å². The molecule has 10 rings (SSSR count). The van der Waals surface area contributed by atoms with E-state index in [1.807, 2.05) is 0 Å². The van der Waals surface area contributed by atoms with E-state index in [2.05, 4.69) is 108 Å². The molecule has 0 radical (unpaired) electrons. The minimum atomic E-state index is 0.103. The highest BCUT2D eigenvalue weighted by Gasteiger charge is 2.51. The summed E-state index contributed by atoms with van der Waals surface area (Å²) in [6.45, 7) is 0. The standard InChI is InChI=1S/C48H57N/c1-2-10-28-48(29-11-3-1,42-14-8-5-9-15-42)43-20-26-46(27-21-43)49(44-22-16-40(17-23-44)39-12-6-4-7-13-39)45-24-18-41(19-25-45)47-33-36-30-37(34-47)32-38(31-36)35-47/h5,8-9,14-27,36-39H,1-4,6-7,10-13,28-35H2. The Labute approximate surface area is 296 Å². The highest BCUT2D eigenvalue weighted by atomic mass is 15.1. The molecule has 4 bridgehead atoms. The van der Waals surface area contributed by atoms with Gasteiger partial charge in [0.1, 0.15) is 0 Å². The van der Waals surface area contributed by atoms with Crippen molar-refractivity contribution in [3.05, 3.63) is 125 Å². The van der Waals surface area contributed by atoms with Crippen molar-refractivity contribution >= 4 is 17.1 Å². The molecule has 0 saturated heterocycles. The summed E-state index contributed by atoms with van der Waals surface area (Å²) in [5.74, 6) is 3.65. The van der Waals surface area contributed by atoms with Crippen LogP contribution in [0.1, 0.15) is 144 Å². The zero-order valence-corrected chi connectivity index (χ0v) is 29.8. The molecule has 6 aliphatic carbocycles. The monoisotopic (exact) mass is 647 g/mol. The topological polar surface area (TPSA) is 3.24 Å². The third-order valence-corrected chi connectivity index (χ3v) is 14.2. The van der Waals surface area contributed by atoms with Crippen LogP contribution in [0.4, 0.5) is 17.1 Å². The average molecular weight is 648 g/mol. The van der Waals surface area contributed by atoms with E-state index in [4.69, 9.17) is 0 Å². The van der Waals surface area contributed by atoms with Crippen molar-refractivity contribution < 1.29 is 0 Å². The SMILES string of the molecule is c1ccc(C2(c3ccc(N(c4ccc(C5CCCCC5)cc4)c4ccc(C56CC7CC(CC(C7)C5)C6)cc4)cc3)CCCCCCC2)cc1. The highest BCUT2D eigenvalue weighted by molar-refractivity contribution is 5.77. The molecule has 6 aliphatic rings. The Morgan fingerprint density at radius 2 is 0.878 bits per heavy atom. The Balaban J connectivity index is 1.07. The maximum absolute atomic E-state index is 2.53. The van der Waals surface area contributed by atoms with Crippen LogP contribution in [0.15, 0.2) is 103 Å². The summed E-state index contributed by atoms with van der Waals surface area (Å²) in [5.41, 5.74) is 10.5. The molecule has 4 aromatic rings. The van der Waals surface area contributed by atoms with E-state index in [1.54, 1.807) is 5.56 Å². The molecule has 1 nitrogen and oxygen atoms in total. The second-order valence-electron chi connectivity index (χ2n) is 17.3. The van der Waals surface area contributed by atoms with Crippen LogP contribution in [0.5, 0.6) is 0 Å². The average Bonchev–Trinajstić information content (AvgIpc) is 3.13. The lowest BCUT2D eigenvalue weighted by Gasteiger charge is -2.57. The summed E-state index contributed by atoms with van der Waals surface area (Å²) in [5, 5.41) is 0. The van der Waals surface area contributed by atoms with Gasteiger partial charge in [-0.05, 0) is 152 Å². The Bertz CT molecular complexity index is 1630. The fourth-order valence-corrected chi connectivity index (χ4v) is 12.1. The molecule has 6 saturated carbocycles. The van der Waals surface area contributed by atoms with Gasteiger partial charge in [0.25, 0.3) is 0 Å². The molecule has 1 heteroatoms. The molecule has 4 aromatic carbocycles. The molecule has 254 valence electrons. The predicted molar refractivity (Wildman–Crippen MR) is 206 cm³/mol. The van der Waals surface area contributed by atoms with E-state index >= 15 is 0 Å². The Morgan fingerprint density at radius 1 is 0.429 bits per heavy atom. The van der Waals surface area contributed by atoms with E-state index in [0.717, 1.165) is 23.7 Å².